The molecule has 4 fully saturated rings. The van der Waals surface area contributed by atoms with E-state index in [0.29, 0.717) is 0 Å². The van der Waals surface area contributed by atoms with Crippen molar-refractivity contribution in [3.05, 3.63) is 18.2 Å². The second kappa shape index (κ2) is 2.94. The maximum atomic E-state index is 4.42. The Morgan fingerprint density at radius 3 is 2.59 bits per heavy atom. The molecule has 17 heavy (non-hydrogen) atoms. The van der Waals surface area contributed by atoms with Crippen molar-refractivity contribution in [2.45, 2.75) is 31.2 Å². The molecule has 1 saturated heterocycles. The minimum absolute atomic E-state index is 0.733. The molecule has 3 saturated carbocycles. The number of nitrogens with zero attached hydrogens (tertiary/aromatic N) is 2. The molecule has 3 nitrogen and oxygen atoms in total. The average molecular weight is 229 g/mol. The molecule has 3 heteroatoms. The van der Waals surface area contributed by atoms with Crippen molar-refractivity contribution in [1.82, 2.24) is 14.9 Å². The highest BCUT2D eigenvalue weighted by Crippen LogP contribution is 2.71. The first-order valence-corrected chi connectivity index (χ1v) is 7.16. The fourth-order valence-corrected chi connectivity index (χ4v) is 5.03. The molecule has 0 aromatic carbocycles. The smallest absolute Gasteiger partial charge is 0.0951 e. The lowest BCUT2D eigenvalue weighted by Gasteiger charge is -2.28. The number of hydrogen-bond donors (Lipinski definition) is 1. The van der Waals surface area contributed by atoms with Crippen LogP contribution in [-0.4, -0.2) is 22.6 Å². The van der Waals surface area contributed by atoms with E-state index in [1.54, 1.807) is 6.42 Å². The number of hydrogen-bond acceptors (Lipinski definition) is 2. The molecule has 0 radical (unpaired) electrons. The fraction of sp³-hybridized carbons (Fsp3) is 0.786. The Kier molecular flexibility index (Phi) is 1.58. The Morgan fingerprint density at radius 2 is 1.94 bits per heavy atom. The highest BCUT2D eigenvalue weighted by molar-refractivity contribution is 5.21. The van der Waals surface area contributed by atoms with Gasteiger partial charge in [-0.05, 0) is 42.9 Å². The maximum absolute atomic E-state index is 4.42. The first-order chi connectivity index (χ1) is 8.43. The van der Waals surface area contributed by atoms with Crippen molar-refractivity contribution < 1.29 is 0 Å². The summed E-state index contributed by atoms with van der Waals surface area (Å²) in [6.07, 6.45) is 8.78. The van der Waals surface area contributed by atoms with Crippen LogP contribution in [0.25, 0.3) is 0 Å². The Morgan fingerprint density at radius 1 is 1.18 bits per heavy atom. The van der Waals surface area contributed by atoms with Crippen molar-refractivity contribution >= 4 is 0 Å². The number of aromatic nitrogens is 2. The van der Waals surface area contributed by atoms with Crippen LogP contribution in [0.3, 0.4) is 0 Å². The lowest BCUT2D eigenvalue weighted by molar-refractivity contribution is 0.398. The first kappa shape index (κ1) is 9.15. The average Bonchev–Trinajstić information content (AvgIpc) is 2.72. The molecular formula is C14H19N3. The Labute approximate surface area is 102 Å². The molecule has 4 unspecified atom stereocenters. The van der Waals surface area contributed by atoms with Gasteiger partial charge in [-0.2, -0.15) is 0 Å². The summed E-state index contributed by atoms with van der Waals surface area (Å²) < 4.78 is 2.55. The molecule has 1 aromatic rings. The molecule has 1 aromatic heterocycles. The second-order valence-electron chi connectivity index (χ2n) is 6.56. The van der Waals surface area contributed by atoms with Crippen LogP contribution in [0.1, 0.15) is 36.9 Å². The highest BCUT2D eigenvalue weighted by atomic mass is 15.2. The van der Waals surface area contributed by atoms with Crippen LogP contribution in [-0.2, 0) is 0 Å². The van der Waals surface area contributed by atoms with Gasteiger partial charge in [0.15, 0.2) is 0 Å². The molecule has 0 amide bonds. The van der Waals surface area contributed by atoms with Gasteiger partial charge in [0.05, 0.1) is 6.33 Å². The molecule has 1 N–H and O–H groups in total. The van der Waals surface area contributed by atoms with Gasteiger partial charge in [-0.15, -0.1) is 0 Å². The molecule has 2 heterocycles. The summed E-state index contributed by atoms with van der Waals surface area (Å²) in [6.45, 7) is 2.31. The minimum Gasteiger partial charge on any atom is -0.331 e. The molecule has 90 valence electrons. The number of nitrogens with one attached hydrogen (secondary N) is 1. The van der Waals surface area contributed by atoms with Crippen LogP contribution < -0.4 is 5.32 Å². The van der Waals surface area contributed by atoms with Crippen molar-refractivity contribution in [2.75, 3.05) is 13.1 Å². The summed E-state index contributed by atoms with van der Waals surface area (Å²) in [6, 6.07) is 0.833. The summed E-state index contributed by atoms with van der Waals surface area (Å²) in [5.74, 6) is 4.90. The maximum Gasteiger partial charge on any atom is 0.0951 e. The van der Waals surface area contributed by atoms with Crippen molar-refractivity contribution in [1.29, 1.82) is 0 Å². The standard InChI is InChI=1S/C14H19N3/c1-2-9-3-8(1)12-13(9)14(12)17-7-16-6-11(17)10-4-15-5-10/h6-10,12-15H,1-5H2. The van der Waals surface area contributed by atoms with Gasteiger partial charge in [0.1, 0.15) is 0 Å². The quantitative estimate of drug-likeness (QED) is 0.838. The SMILES string of the molecule is c1ncn(C2C3C4CCC(C4)C32)c1C1CNC1. The summed E-state index contributed by atoms with van der Waals surface area (Å²) >= 11 is 0. The topological polar surface area (TPSA) is 29.9 Å². The van der Waals surface area contributed by atoms with E-state index in [-0.39, 0.29) is 0 Å². The summed E-state index contributed by atoms with van der Waals surface area (Å²) in [4.78, 5) is 4.42. The monoisotopic (exact) mass is 229 g/mol. The van der Waals surface area contributed by atoms with Gasteiger partial charge < -0.3 is 9.88 Å². The Balaban J connectivity index is 1.48. The zero-order chi connectivity index (χ0) is 11.0. The molecule has 3 aliphatic carbocycles. The van der Waals surface area contributed by atoms with E-state index in [1.165, 1.54) is 18.5 Å². The van der Waals surface area contributed by atoms with E-state index in [4.69, 9.17) is 0 Å². The van der Waals surface area contributed by atoms with Crippen LogP contribution in [0.2, 0.25) is 0 Å². The van der Waals surface area contributed by atoms with E-state index in [9.17, 15) is 0 Å². The van der Waals surface area contributed by atoms with Gasteiger partial charge in [0.25, 0.3) is 0 Å². The lowest BCUT2D eigenvalue weighted by atomic mass is 9.99. The molecule has 5 rings (SSSR count). The van der Waals surface area contributed by atoms with Gasteiger partial charge in [-0.1, -0.05) is 0 Å². The zero-order valence-electron chi connectivity index (χ0n) is 10.0. The van der Waals surface area contributed by atoms with E-state index < -0.39 is 0 Å². The van der Waals surface area contributed by atoms with Crippen LogP contribution in [0.15, 0.2) is 12.5 Å². The number of rotatable bonds is 2. The van der Waals surface area contributed by atoms with Gasteiger partial charge in [0.2, 0.25) is 0 Å². The van der Waals surface area contributed by atoms with Crippen LogP contribution in [0.4, 0.5) is 0 Å². The molecule has 0 spiro atoms. The van der Waals surface area contributed by atoms with Gasteiger partial charge in [-0.3, -0.25) is 0 Å². The molecule has 4 aliphatic rings. The van der Waals surface area contributed by atoms with Gasteiger partial charge in [0, 0.05) is 36.9 Å². The predicted molar refractivity (Wildman–Crippen MR) is 64.7 cm³/mol. The molecule has 4 atom stereocenters. The third-order valence-electron chi connectivity index (χ3n) is 5.91. The third kappa shape index (κ3) is 1.05. The summed E-state index contributed by atoms with van der Waals surface area (Å²) in [5, 5.41) is 3.38. The van der Waals surface area contributed by atoms with Crippen molar-refractivity contribution in [3.8, 4) is 0 Å². The van der Waals surface area contributed by atoms with Crippen LogP contribution in [0, 0.1) is 23.7 Å². The Bertz CT molecular complexity index is 446. The normalized spacial score (nSPS) is 46.9. The van der Waals surface area contributed by atoms with Crippen molar-refractivity contribution in [3.63, 3.8) is 0 Å². The fourth-order valence-electron chi connectivity index (χ4n) is 5.03. The van der Waals surface area contributed by atoms with E-state index >= 15 is 0 Å². The highest BCUT2D eigenvalue weighted by Gasteiger charge is 2.66. The predicted octanol–water partition coefficient (Wildman–Crippen LogP) is 1.79. The van der Waals surface area contributed by atoms with Gasteiger partial charge in [-0.25, -0.2) is 4.98 Å². The van der Waals surface area contributed by atoms with E-state index in [0.717, 1.165) is 48.7 Å². The second-order valence-corrected chi connectivity index (χ2v) is 6.56. The number of imidazole rings is 1. The van der Waals surface area contributed by atoms with E-state index in [1.807, 2.05) is 0 Å². The first-order valence-electron chi connectivity index (χ1n) is 7.16. The summed E-state index contributed by atoms with van der Waals surface area (Å²) in [5.41, 5.74) is 1.50. The minimum atomic E-state index is 0.733. The molecule has 1 aliphatic heterocycles. The van der Waals surface area contributed by atoms with E-state index in [2.05, 4.69) is 27.4 Å². The lowest BCUT2D eigenvalue weighted by Crippen LogP contribution is -2.41. The zero-order valence-corrected chi connectivity index (χ0v) is 10.0. The van der Waals surface area contributed by atoms with Crippen molar-refractivity contribution in [2.24, 2.45) is 23.7 Å². The van der Waals surface area contributed by atoms with Crippen LogP contribution >= 0.6 is 0 Å². The van der Waals surface area contributed by atoms with Gasteiger partial charge >= 0.3 is 0 Å². The number of fused-ring (bicyclic) bond motifs is 5. The third-order valence-corrected chi connectivity index (χ3v) is 5.91. The van der Waals surface area contributed by atoms with Crippen LogP contribution in [0.5, 0.6) is 0 Å². The summed E-state index contributed by atoms with van der Waals surface area (Å²) in [7, 11) is 0. The Hall–Kier alpha value is -0.830. The largest absolute Gasteiger partial charge is 0.331 e. The molecule has 2 bridgehead atoms. The molecular weight excluding hydrogens is 210 g/mol.